The molecule has 0 aliphatic carbocycles. The molecule has 1 N–H and O–H groups in total. The molecular formula is C15H20N2O4. The molecule has 0 bridgehead atoms. The molecule has 1 aromatic carbocycles. The zero-order valence-electron chi connectivity index (χ0n) is 11.9. The fourth-order valence-electron chi connectivity index (χ4n) is 2.95. The summed E-state index contributed by atoms with van der Waals surface area (Å²) in [6.07, 6.45) is 3.74. The highest BCUT2D eigenvalue weighted by atomic mass is 16.6. The number of likely N-dealkylation sites (tertiary alicyclic amines) is 1. The predicted molar refractivity (Wildman–Crippen MR) is 78.3 cm³/mol. The Labute approximate surface area is 123 Å². The van der Waals surface area contributed by atoms with Crippen molar-refractivity contribution in [1.29, 1.82) is 0 Å². The first-order valence-corrected chi connectivity index (χ1v) is 7.26. The average molecular weight is 292 g/mol. The first-order chi connectivity index (χ1) is 10.1. The van der Waals surface area contributed by atoms with Crippen LogP contribution in [0.3, 0.4) is 0 Å². The minimum Gasteiger partial charge on any atom is -0.481 e. The molecule has 1 saturated heterocycles. The lowest BCUT2D eigenvalue weighted by molar-refractivity contribution is -0.385. The van der Waals surface area contributed by atoms with Crippen LogP contribution in [0.2, 0.25) is 0 Å². The van der Waals surface area contributed by atoms with Crippen molar-refractivity contribution in [2.24, 2.45) is 0 Å². The number of aliphatic carboxylic acids is 1. The number of rotatable bonds is 6. The molecule has 114 valence electrons. The van der Waals surface area contributed by atoms with Crippen molar-refractivity contribution in [2.45, 2.75) is 38.1 Å². The quantitative estimate of drug-likeness (QED) is 0.643. The summed E-state index contributed by atoms with van der Waals surface area (Å²) >= 11 is 0. The molecule has 1 fully saturated rings. The number of benzene rings is 1. The van der Waals surface area contributed by atoms with Gasteiger partial charge in [-0.15, -0.1) is 0 Å². The summed E-state index contributed by atoms with van der Waals surface area (Å²) in [5.41, 5.74) is 0.853. The van der Waals surface area contributed by atoms with Crippen LogP contribution in [0.5, 0.6) is 0 Å². The average Bonchev–Trinajstić information content (AvgIpc) is 2.46. The summed E-state index contributed by atoms with van der Waals surface area (Å²) < 4.78 is 0. The van der Waals surface area contributed by atoms with E-state index in [1.165, 1.54) is 6.07 Å². The molecule has 1 aliphatic heterocycles. The third-order valence-corrected chi connectivity index (χ3v) is 4.02. The normalized spacial score (nSPS) is 19.3. The zero-order valence-corrected chi connectivity index (χ0v) is 11.9. The van der Waals surface area contributed by atoms with E-state index in [9.17, 15) is 14.9 Å². The van der Waals surface area contributed by atoms with Crippen LogP contribution in [0.25, 0.3) is 0 Å². The highest BCUT2D eigenvalue weighted by Crippen LogP contribution is 2.22. The van der Waals surface area contributed by atoms with Gasteiger partial charge in [0.15, 0.2) is 0 Å². The molecule has 0 radical (unpaired) electrons. The molecule has 0 amide bonds. The highest BCUT2D eigenvalue weighted by molar-refractivity contribution is 5.67. The maximum atomic E-state index is 11.0. The van der Waals surface area contributed by atoms with Gasteiger partial charge in [0.05, 0.1) is 11.3 Å². The van der Waals surface area contributed by atoms with Crippen LogP contribution in [0.15, 0.2) is 24.3 Å². The summed E-state index contributed by atoms with van der Waals surface area (Å²) in [5, 5.41) is 20.0. The molecule has 1 heterocycles. The topological polar surface area (TPSA) is 83.7 Å². The fourth-order valence-corrected chi connectivity index (χ4v) is 2.95. The van der Waals surface area contributed by atoms with E-state index in [0.717, 1.165) is 25.8 Å². The van der Waals surface area contributed by atoms with Gasteiger partial charge in [0.2, 0.25) is 0 Å². The standard InChI is InChI=1S/C15H20N2O4/c18-15(19)11-13-6-3-4-9-16(13)10-8-12-5-1-2-7-14(12)17(20)21/h1-2,5,7,13H,3-4,6,8-11H2,(H,18,19). The Morgan fingerprint density at radius 1 is 1.38 bits per heavy atom. The van der Waals surface area contributed by atoms with Crippen LogP contribution in [0.1, 0.15) is 31.2 Å². The summed E-state index contributed by atoms with van der Waals surface area (Å²) in [6, 6.07) is 6.80. The summed E-state index contributed by atoms with van der Waals surface area (Å²) in [4.78, 5) is 23.7. The van der Waals surface area contributed by atoms with E-state index in [1.54, 1.807) is 18.2 Å². The van der Waals surface area contributed by atoms with Crippen LogP contribution >= 0.6 is 0 Å². The van der Waals surface area contributed by atoms with Gasteiger partial charge in [-0.05, 0) is 25.8 Å². The van der Waals surface area contributed by atoms with Gasteiger partial charge in [-0.1, -0.05) is 24.6 Å². The number of hydrogen-bond acceptors (Lipinski definition) is 4. The van der Waals surface area contributed by atoms with Crippen molar-refractivity contribution in [1.82, 2.24) is 4.90 Å². The van der Waals surface area contributed by atoms with Crippen LogP contribution in [0, 0.1) is 10.1 Å². The van der Waals surface area contributed by atoms with Crippen molar-refractivity contribution in [3.63, 3.8) is 0 Å². The Morgan fingerprint density at radius 2 is 2.14 bits per heavy atom. The van der Waals surface area contributed by atoms with Crippen molar-refractivity contribution >= 4 is 11.7 Å². The lowest BCUT2D eigenvalue weighted by atomic mass is 9.98. The first kappa shape index (κ1) is 15.4. The Hall–Kier alpha value is -1.95. The number of carboxylic acid groups (broad SMARTS) is 1. The predicted octanol–water partition coefficient (Wildman–Crippen LogP) is 2.47. The van der Waals surface area contributed by atoms with Gasteiger partial charge in [-0.25, -0.2) is 0 Å². The molecule has 0 aromatic heterocycles. The summed E-state index contributed by atoms with van der Waals surface area (Å²) in [6.45, 7) is 1.54. The summed E-state index contributed by atoms with van der Waals surface area (Å²) in [5.74, 6) is -0.780. The van der Waals surface area contributed by atoms with E-state index in [4.69, 9.17) is 5.11 Å². The zero-order chi connectivity index (χ0) is 15.2. The van der Waals surface area contributed by atoms with Gasteiger partial charge < -0.3 is 5.11 Å². The molecule has 6 nitrogen and oxygen atoms in total. The molecular weight excluding hydrogens is 272 g/mol. The largest absolute Gasteiger partial charge is 0.481 e. The molecule has 2 rings (SSSR count). The number of hydrogen-bond donors (Lipinski definition) is 1. The Kier molecular flexibility index (Phi) is 5.27. The van der Waals surface area contributed by atoms with E-state index in [2.05, 4.69) is 4.90 Å². The van der Waals surface area contributed by atoms with Gasteiger partial charge in [0.25, 0.3) is 5.69 Å². The molecule has 21 heavy (non-hydrogen) atoms. The number of piperidine rings is 1. The maximum absolute atomic E-state index is 11.0. The number of nitro groups is 1. The minimum atomic E-state index is -0.780. The molecule has 0 spiro atoms. The summed E-state index contributed by atoms with van der Waals surface area (Å²) in [7, 11) is 0. The van der Waals surface area contributed by atoms with E-state index < -0.39 is 5.97 Å². The van der Waals surface area contributed by atoms with Crippen LogP contribution in [-0.4, -0.2) is 40.0 Å². The van der Waals surface area contributed by atoms with Crippen molar-refractivity contribution < 1.29 is 14.8 Å². The number of nitrogens with zero attached hydrogens (tertiary/aromatic N) is 2. The molecule has 1 unspecified atom stereocenters. The van der Waals surface area contributed by atoms with Crippen molar-refractivity contribution in [3.8, 4) is 0 Å². The number of para-hydroxylation sites is 1. The lowest BCUT2D eigenvalue weighted by Gasteiger charge is -2.34. The van der Waals surface area contributed by atoms with Crippen LogP contribution < -0.4 is 0 Å². The molecule has 1 aliphatic rings. The Morgan fingerprint density at radius 3 is 2.86 bits per heavy atom. The van der Waals surface area contributed by atoms with E-state index in [1.807, 2.05) is 0 Å². The molecule has 6 heteroatoms. The number of nitro benzene ring substituents is 1. The van der Waals surface area contributed by atoms with Crippen LogP contribution in [-0.2, 0) is 11.2 Å². The number of carbonyl (C=O) groups is 1. The van der Waals surface area contributed by atoms with Gasteiger partial charge in [0, 0.05) is 24.2 Å². The maximum Gasteiger partial charge on any atom is 0.304 e. The second-order valence-corrected chi connectivity index (χ2v) is 5.42. The minimum absolute atomic E-state index is 0.0546. The van der Waals surface area contributed by atoms with E-state index in [0.29, 0.717) is 18.5 Å². The Balaban J connectivity index is 2.00. The highest BCUT2D eigenvalue weighted by Gasteiger charge is 2.25. The third kappa shape index (κ3) is 4.26. The van der Waals surface area contributed by atoms with E-state index in [-0.39, 0.29) is 23.1 Å². The molecule has 0 saturated carbocycles. The second kappa shape index (κ2) is 7.17. The van der Waals surface area contributed by atoms with Gasteiger partial charge >= 0.3 is 5.97 Å². The van der Waals surface area contributed by atoms with Gasteiger partial charge in [0.1, 0.15) is 0 Å². The fraction of sp³-hybridized carbons (Fsp3) is 0.533. The lowest BCUT2D eigenvalue weighted by Crippen LogP contribution is -2.41. The van der Waals surface area contributed by atoms with Gasteiger partial charge in [-0.2, -0.15) is 0 Å². The Bertz CT molecular complexity index is 518. The SMILES string of the molecule is O=C(O)CC1CCCCN1CCc1ccccc1[N+](=O)[O-]. The monoisotopic (exact) mass is 292 g/mol. The first-order valence-electron chi connectivity index (χ1n) is 7.26. The van der Waals surface area contributed by atoms with Crippen molar-refractivity contribution in [2.75, 3.05) is 13.1 Å². The second-order valence-electron chi connectivity index (χ2n) is 5.42. The smallest absolute Gasteiger partial charge is 0.304 e. The molecule has 1 aromatic rings. The van der Waals surface area contributed by atoms with Crippen molar-refractivity contribution in [3.05, 3.63) is 39.9 Å². The van der Waals surface area contributed by atoms with Gasteiger partial charge in [-0.3, -0.25) is 19.8 Å². The molecule has 1 atom stereocenters. The number of carboxylic acids is 1. The third-order valence-electron chi connectivity index (χ3n) is 4.02. The van der Waals surface area contributed by atoms with Crippen LogP contribution in [0.4, 0.5) is 5.69 Å². The van der Waals surface area contributed by atoms with E-state index >= 15 is 0 Å².